The zero-order valence-electron chi connectivity index (χ0n) is 12.8. The third-order valence-corrected chi connectivity index (χ3v) is 4.81. The van der Waals surface area contributed by atoms with E-state index in [1.807, 2.05) is 38.1 Å². The Hall–Kier alpha value is -1.31. The van der Waals surface area contributed by atoms with Gasteiger partial charge in [-0.2, -0.15) is 4.68 Å². The van der Waals surface area contributed by atoms with Crippen LogP contribution in [0.3, 0.4) is 0 Å². The van der Waals surface area contributed by atoms with Crippen molar-refractivity contribution in [3.8, 4) is 5.69 Å². The lowest BCUT2D eigenvalue weighted by Crippen LogP contribution is -2.45. The first kappa shape index (κ1) is 15.6. The number of rotatable bonds is 4. The van der Waals surface area contributed by atoms with Gasteiger partial charge in [0.15, 0.2) is 5.82 Å². The lowest BCUT2D eigenvalue weighted by molar-refractivity contribution is -0.00594. The molecule has 1 aliphatic rings. The quantitative estimate of drug-likeness (QED) is 0.898. The van der Waals surface area contributed by atoms with Crippen LogP contribution >= 0.6 is 15.9 Å². The summed E-state index contributed by atoms with van der Waals surface area (Å²) in [6.45, 7) is 5.32. The van der Waals surface area contributed by atoms with Crippen molar-refractivity contribution in [3.05, 3.63) is 34.6 Å². The van der Waals surface area contributed by atoms with Crippen molar-refractivity contribution in [2.45, 2.75) is 44.9 Å². The first-order valence-electron chi connectivity index (χ1n) is 7.45. The zero-order valence-corrected chi connectivity index (χ0v) is 14.4. The SMILES string of the molecule is CC(C)(O)[C@H]1CCCN1Cc1nnnn1-c1ccccc1Br. The summed E-state index contributed by atoms with van der Waals surface area (Å²) in [4.78, 5) is 2.26. The minimum absolute atomic E-state index is 0.136. The van der Waals surface area contributed by atoms with Crippen LogP contribution in [0.2, 0.25) is 0 Å². The van der Waals surface area contributed by atoms with E-state index in [1.165, 1.54) is 0 Å². The molecule has 6 nitrogen and oxygen atoms in total. The molecule has 0 radical (unpaired) electrons. The van der Waals surface area contributed by atoms with Gasteiger partial charge in [0.05, 0.1) is 17.8 Å². The number of benzene rings is 1. The van der Waals surface area contributed by atoms with Crippen molar-refractivity contribution < 1.29 is 5.11 Å². The van der Waals surface area contributed by atoms with Crippen molar-refractivity contribution in [3.63, 3.8) is 0 Å². The van der Waals surface area contributed by atoms with Gasteiger partial charge in [-0.05, 0) is 71.7 Å². The van der Waals surface area contributed by atoms with Crippen LogP contribution in [-0.2, 0) is 6.54 Å². The number of aliphatic hydroxyl groups is 1. The van der Waals surface area contributed by atoms with E-state index >= 15 is 0 Å². The van der Waals surface area contributed by atoms with E-state index < -0.39 is 5.60 Å². The molecule has 1 saturated heterocycles. The highest BCUT2D eigenvalue weighted by Crippen LogP contribution is 2.28. The number of para-hydroxylation sites is 1. The highest BCUT2D eigenvalue weighted by Gasteiger charge is 2.36. The first-order valence-corrected chi connectivity index (χ1v) is 8.24. The summed E-state index contributed by atoms with van der Waals surface area (Å²) in [5.41, 5.74) is 0.198. The average molecular weight is 366 g/mol. The summed E-state index contributed by atoms with van der Waals surface area (Å²) >= 11 is 3.54. The molecule has 0 unspecified atom stereocenters. The van der Waals surface area contributed by atoms with Gasteiger partial charge in [0.25, 0.3) is 0 Å². The maximum Gasteiger partial charge on any atom is 0.170 e. The van der Waals surface area contributed by atoms with Gasteiger partial charge in [0, 0.05) is 10.5 Å². The second-order valence-corrected chi connectivity index (χ2v) is 7.09. The fraction of sp³-hybridized carbons (Fsp3) is 0.533. The molecule has 0 spiro atoms. The molecule has 2 heterocycles. The van der Waals surface area contributed by atoms with E-state index in [1.54, 1.807) is 4.68 Å². The number of hydrogen-bond acceptors (Lipinski definition) is 5. The summed E-state index contributed by atoms with van der Waals surface area (Å²) < 4.78 is 2.70. The highest BCUT2D eigenvalue weighted by atomic mass is 79.9. The van der Waals surface area contributed by atoms with Crippen LogP contribution in [-0.4, -0.2) is 48.4 Å². The Morgan fingerprint density at radius 1 is 1.36 bits per heavy atom. The normalized spacial score (nSPS) is 19.7. The first-order chi connectivity index (χ1) is 10.5. The molecule has 7 heteroatoms. The molecular formula is C15H20BrN5O. The van der Waals surface area contributed by atoms with Gasteiger partial charge in [-0.25, -0.2) is 0 Å². The van der Waals surface area contributed by atoms with Gasteiger partial charge in [-0.15, -0.1) is 5.10 Å². The monoisotopic (exact) mass is 365 g/mol. The van der Waals surface area contributed by atoms with Gasteiger partial charge in [0.2, 0.25) is 0 Å². The Bertz CT molecular complexity index is 651. The van der Waals surface area contributed by atoms with E-state index in [-0.39, 0.29) is 6.04 Å². The number of hydrogen-bond donors (Lipinski definition) is 1. The molecule has 22 heavy (non-hydrogen) atoms. The van der Waals surface area contributed by atoms with Crippen molar-refractivity contribution in [2.24, 2.45) is 0 Å². The van der Waals surface area contributed by atoms with Crippen LogP contribution in [0.25, 0.3) is 5.69 Å². The molecule has 1 fully saturated rings. The predicted molar refractivity (Wildman–Crippen MR) is 86.6 cm³/mol. The highest BCUT2D eigenvalue weighted by molar-refractivity contribution is 9.10. The summed E-state index contributed by atoms with van der Waals surface area (Å²) in [6, 6.07) is 8.00. The lowest BCUT2D eigenvalue weighted by atomic mass is 9.97. The molecule has 3 rings (SSSR count). The van der Waals surface area contributed by atoms with Crippen LogP contribution in [0.15, 0.2) is 28.7 Å². The fourth-order valence-corrected chi connectivity index (χ4v) is 3.56. The van der Waals surface area contributed by atoms with Crippen LogP contribution in [0.5, 0.6) is 0 Å². The maximum absolute atomic E-state index is 10.3. The molecule has 1 aromatic heterocycles. The van der Waals surface area contributed by atoms with Crippen LogP contribution in [0.4, 0.5) is 0 Å². The van der Waals surface area contributed by atoms with E-state index in [9.17, 15) is 5.11 Å². The van der Waals surface area contributed by atoms with Gasteiger partial charge < -0.3 is 5.11 Å². The number of tetrazole rings is 1. The van der Waals surface area contributed by atoms with E-state index in [0.29, 0.717) is 6.54 Å². The van der Waals surface area contributed by atoms with E-state index in [2.05, 4.69) is 36.4 Å². The summed E-state index contributed by atoms with van der Waals surface area (Å²) in [6.07, 6.45) is 2.09. The van der Waals surface area contributed by atoms with Gasteiger partial charge in [-0.1, -0.05) is 12.1 Å². The molecule has 1 aromatic carbocycles. The molecule has 118 valence electrons. The van der Waals surface area contributed by atoms with Gasteiger partial charge in [-0.3, -0.25) is 4.90 Å². The van der Waals surface area contributed by atoms with Gasteiger partial charge >= 0.3 is 0 Å². The smallest absolute Gasteiger partial charge is 0.170 e. The summed E-state index contributed by atoms with van der Waals surface area (Å²) in [5, 5.41) is 22.4. The standard InChI is InChI=1S/C15H20BrN5O/c1-15(2,22)13-8-5-9-20(13)10-14-17-18-19-21(14)12-7-4-3-6-11(12)16/h3-4,6-7,13,22H,5,8-10H2,1-2H3/t13-/m1/s1. The minimum Gasteiger partial charge on any atom is -0.389 e. The van der Waals surface area contributed by atoms with Crippen molar-refractivity contribution in [1.82, 2.24) is 25.1 Å². The number of nitrogens with zero attached hydrogens (tertiary/aromatic N) is 5. The van der Waals surface area contributed by atoms with Crippen molar-refractivity contribution in [2.75, 3.05) is 6.54 Å². The molecule has 1 aliphatic heterocycles. The topological polar surface area (TPSA) is 67.1 Å². The minimum atomic E-state index is -0.720. The Labute approximate surface area is 138 Å². The average Bonchev–Trinajstić information content (AvgIpc) is 3.08. The molecule has 1 atom stereocenters. The molecule has 0 amide bonds. The fourth-order valence-electron chi connectivity index (χ4n) is 3.11. The van der Waals surface area contributed by atoms with Crippen LogP contribution in [0.1, 0.15) is 32.5 Å². The van der Waals surface area contributed by atoms with Crippen molar-refractivity contribution in [1.29, 1.82) is 0 Å². The number of likely N-dealkylation sites (tertiary alicyclic amines) is 1. The number of halogens is 1. The third-order valence-electron chi connectivity index (χ3n) is 4.14. The lowest BCUT2D eigenvalue weighted by Gasteiger charge is -2.33. The molecule has 2 aromatic rings. The summed E-state index contributed by atoms with van der Waals surface area (Å²) in [5.74, 6) is 0.781. The Morgan fingerprint density at radius 3 is 2.86 bits per heavy atom. The van der Waals surface area contributed by atoms with Crippen molar-refractivity contribution >= 4 is 15.9 Å². The molecule has 0 bridgehead atoms. The van der Waals surface area contributed by atoms with Crippen LogP contribution < -0.4 is 0 Å². The maximum atomic E-state index is 10.3. The third kappa shape index (κ3) is 3.06. The van der Waals surface area contributed by atoms with Gasteiger partial charge in [0.1, 0.15) is 0 Å². The van der Waals surface area contributed by atoms with E-state index in [0.717, 1.165) is 35.4 Å². The Morgan fingerprint density at radius 2 is 2.14 bits per heavy atom. The van der Waals surface area contributed by atoms with Crippen LogP contribution in [0, 0.1) is 0 Å². The predicted octanol–water partition coefficient (Wildman–Crippen LogP) is 2.16. The molecular weight excluding hydrogens is 346 g/mol. The zero-order chi connectivity index (χ0) is 15.7. The largest absolute Gasteiger partial charge is 0.389 e. The summed E-state index contributed by atoms with van der Waals surface area (Å²) in [7, 11) is 0. The second kappa shape index (κ2) is 6.06. The Kier molecular flexibility index (Phi) is 4.29. The molecule has 0 saturated carbocycles. The molecule has 1 N–H and O–H groups in total. The second-order valence-electron chi connectivity index (χ2n) is 6.24. The Balaban J connectivity index is 1.86. The van der Waals surface area contributed by atoms with E-state index in [4.69, 9.17) is 0 Å². The number of aromatic nitrogens is 4. The molecule has 0 aliphatic carbocycles.